The van der Waals surface area contributed by atoms with Gasteiger partial charge in [0.15, 0.2) is 0 Å². The van der Waals surface area contributed by atoms with Gasteiger partial charge < -0.3 is 11.5 Å². The van der Waals surface area contributed by atoms with Crippen LogP contribution in [-0.2, 0) is 6.54 Å². The summed E-state index contributed by atoms with van der Waals surface area (Å²) >= 11 is 1.18. The Bertz CT molecular complexity index is 304. The van der Waals surface area contributed by atoms with Gasteiger partial charge in [0.05, 0.1) is 0 Å². The van der Waals surface area contributed by atoms with Crippen molar-refractivity contribution < 1.29 is 4.79 Å². The van der Waals surface area contributed by atoms with Gasteiger partial charge >= 0.3 is 6.03 Å². The minimum atomic E-state index is -0.553. The third-order valence-electron chi connectivity index (χ3n) is 1.40. The normalized spacial score (nSPS) is 8.73. The molecule has 0 heterocycles. The molecular weight excluding hydrogens is 210 g/mol. The molecule has 1 aromatic carbocycles. The Hall–Kier alpha value is -1.20. The number of carbonyl (C=O) groups is 1. The zero-order chi connectivity index (χ0) is 11.7. The van der Waals surface area contributed by atoms with Crippen molar-refractivity contribution in [1.82, 2.24) is 4.72 Å². The summed E-state index contributed by atoms with van der Waals surface area (Å²) in [6, 6.07) is 7.03. The molecule has 0 radical (unpaired) electrons. The first-order valence-corrected chi connectivity index (χ1v) is 5.55. The predicted octanol–water partition coefficient (Wildman–Crippen LogP) is 1.85. The number of nitrogens with one attached hydrogen (secondary N) is 1. The van der Waals surface area contributed by atoms with E-state index in [1.54, 1.807) is 0 Å². The van der Waals surface area contributed by atoms with E-state index >= 15 is 0 Å². The number of amides is 2. The van der Waals surface area contributed by atoms with Crippen molar-refractivity contribution in [3.63, 3.8) is 0 Å². The van der Waals surface area contributed by atoms with Crippen LogP contribution in [0.15, 0.2) is 29.2 Å². The Balaban J connectivity index is 0.000000921. The highest BCUT2D eigenvalue weighted by atomic mass is 32.2. The molecule has 0 spiro atoms. The summed E-state index contributed by atoms with van der Waals surface area (Å²) in [5, 5.41) is 0. The van der Waals surface area contributed by atoms with Gasteiger partial charge in [-0.1, -0.05) is 26.0 Å². The van der Waals surface area contributed by atoms with Gasteiger partial charge in [0, 0.05) is 11.4 Å². The molecule has 0 atom stereocenters. The highest BCUT2D eigenvalue weighted by Gasteiger charge is 1.96. The van der Waals surface area contributed by atoms with E-state index in [4.69, 9.17) is 11.5 Å². The lowest BCUT2D eigenvalue weighted by Crippen LogP contribution is -2.22. The molecule has 5 heteroatoms. The number of benzene rings is 1. The van der Waals surface area contributed by atoms with Crippen molar-refractivity contribution in [3.8, 4) is 0 Å². The topological polar surface area (TPSA) is 81.1 Å². The molecule has 1 rings (SSSR count). The number of nitrogens with two attached hydrogens (primary N) is 2. The Morgan fingerprint density at radius 2 is 2.13 bits per heavy atom. The van der Waals surface area contributed by atoms with Gasteiger partial charge in [-0.2, -0.15) is 0 Å². The smallest absolute Gasteiger partial charge is 0.322 e. The molecule has 84 valence electrons. The molecule has 0 bridgehead atoms. The summed E-state index contributed by atoms with van der Waals surface area (Å²) in [6.45, 7) is 4.49. The predicted molar refractivity (Wildman–Crippen MR) is 64.3 cm³/mol. The van der Waals surface area contributed by atoms with E-state index in [1.165, 1.54) is 11.9 Å². The van der Waals surface area contributed by atoms with Gasteiger partial charge in [-0.3, -0.25) is 4.72 Å². The van der Waals surface area contributed by atoms with Crippen LogP contribution in [-0.4, -0.2) is 6.03 Å². The lowest BCUT2D eigenvalue weighted by molar-refractivity contribution is 0.254. The van der Waals surface area contributed by atoms with E-state index in [1.807, 2.05) is 38.1 Å². The van der Waals surface area contributed by atoms with E-state index in [9.17, 15) is 4.79 Å². The molecule has 4 nitrogen and oxygen atoms in total. The van der Waals surface area contributed by atoms with Crippen LogP contribution in [0.3, 0.4) is 0 Å². The zero-order valence-electron chi connectivity index (χ0n) is 8.99. The summed E-state index contributed by atoms with van der Waals surface area (Å²) in [5.74, 6) is 0. The van der Waals surface area contributed by atoms with Crippen molar-refractivity contribution >= 4 is 18.0 Å². The van der Waals surface area contributed by atoms with Crippen molar-refractivity contribution in [3.05, 3.63) is 29.8 Å². The Kier molecular flexibility index (Phi) is 7.49. The number of urea groups is 1. The largest absolute Gasteiger partial charge is 0.351 e. The third-order valence-corrected chi connectivity index (χ3v) is 2.20. The highest BCUT2D eigenvalue weighted by molar-refractivity contribution is 7.98. The van der Waals surface area contributed by atoms with Crippen LogP contribution >= 0.6 is 11.9 Å². The summed E-state index contributed by atoms with van der Waals surface area (Å²) in [6.07, 6.45) is 0. The first-order valence-electron chi connectivity index (χ1n) is 4.73. The van der Waals surface area contributed by atoms with Gasteiger partial charge in [-0.05, 0) is 29.6 Å². The molecule has 0 aliphatic heterocycles. The first kappa shape index (κ1) is 13.8. The molecule has 1 aromatic rings. The number of hydrogen-bond acceptors (Lipinski definition) is 3. The fourth-order valence-electron chi connectivity index (χ4n) is 0.845. The molecule has 0 aliphatic carbocycles. The van der Waals surface area contributed by atoms with Crippen LogP contribution in [0.5, 0.6) is 0 Å². The van der Waals surface area contributed by atoms with Crippen molar-refractivity contribution in [2.45, 2.75) is 25.3 Å². The first-order chi connectivity index (χ1) is 7.22. The Labute approximate surface area is 94.5 Å². The van der Waals surface area contributed by atoms with Crippen LogP contribution in [0.25, 0.3) is 0 Å². The lowest BCUT2D eigenvalue weighted by Gasteiger charge is -2.02. The minimum absolute atomic E-state index is 0.491. The number of rotatable bonds is 3. The quantitative estimate of drug-likeness (QED) is 0.689. The van der Waals surface area contributed by atoms with E-state index in [0.717, 1.165) is 10.5 Å². The van der Waals surface area contributed by atoms with Crippen LogP contribution in [0.1, 0.15) is 19.4 Å². The second-order valence-electron chi connectivity index (χ2n) is 2.42. The standard InChI is InChI=1S/C8H11N3OS.C2H6/c9-5-6-2-1-3-7(4-6)13-11-8(10)12;1-2/h1-4H,5,9H2,(H3,10,11,12);1-2H3. The molecule has 0 aromatic heterocycles. The molecule has 0 fully saturated rings. The summed E-state index contributed by atoms with van der Waals surface area (Å²) in [4.78, 5) is 11.3. The Morgan fingerprint density at radius 1 is 1.47 bits per heavy atom. The molecule has 0 aliphatic rings. The van der Waals surface area contributed by atoms with E-state index in [2.05, 4.69) is 4.72 Å². The van der Waals surface area contributed by atoms with Gasteiger partial charge in [0.2, 0.25) is 0 Å². The summed E-state index contributed by atoms with van der Waals surface area (Å²) in [7, 11) is 0. The summed E-state index contributed by atoms with van der Waals surface area (Å²) < 4.78 is 2.43. The van der Waals surface area contributed by atoms with E-state index in [0.29, 0.717) is 6.54 Å². The third kappa shape index (κ3) is 5.98. The Morgan fingerprint density at radius 3 is 2.67 bits per heavy atom. The lowest BCUT2D eigenvalue weighted by atomic mass is 10.2. The fourth-order valence-corrected chi connectivity index (χ4v) is 1.42. The molecule has 0 saturated heterocycles. The second kappa shape index (κ2) is 8.14. The molecule has 0 saturated carbocycles. The molecule has 2 amide bonds. The highest BCUT2D eigenvalue weighted by Crippen LogP contribution is 2.15. The second-order valence-corrected chi connectivity index (χ2v) is 3.30. The van der Waals surface area contributed by atoms with Gasteiger partial charge in [-0.25, -0.2) is 4.79 Å². The molecular formula is C10H17N3OS. The average molecular weight is 227 g/mol. The van der Waals surface area contributed by atoms with Crippen LogP contribution in [0, 0.1) is 0 Å². The number of hydrogen-bond donors (Lipinski definition) is 3. The maximum absolute atomic E-state index is 10.4. The van der Waals surface area contributed by atoms with Crippen LogP contribution < -0.4 is 16.2 Å². The fraction of sp³-hybridized carbons (Fsp3) is 0.300. The summed E-state index contributed by atoms with van der Waals surface area (Å²) in [5.41, 5.74) is 11.4. The van der Waals surface area contributed by atoms with Gasteiger partial charge in [-0.15, -0.1) is 0 Å². The maximum atomic E-state index is 10.4. The van der Waals surface area contributed by atoms with Crippen molar-refractivity contribution in [2.75, 3.05) is 0 Å². The van der Waals surface area contributed by atoms with Crippen LogP contribution in [0.4, 0.5) is 4.79 Å². The zero-order valence-corrected chi connectivity index (χ0v) is 9.80. The average Bonchev–Trinajstić information content (AvgIpc) is 2.29. The van der Waals surface area contributed by atoms with Crippen LogP contribution in [0.2, 0.25) is 0 Å². The van der Waals surface area contributed by atoms with Crippen molar-refractivity contribution in [2.24, 2.45) is 11.5 Å². The number of carbonyl (C=O) groups excluding carboxylic acids is 1. The minimum Gasteiger partial charge on any atom is -0.351 e. The molecule has 5 N–H and O–H groups in total. The van der Waals surface area contributed by atoms with Crippen molar-refractivity contribution in [1.29, 1.82) is 0 Å². The van der Waals surface area contributed by atoms with Gasteiger partial charge in [0.25, 0.3) is 0 Å². The number of primary amides is 1. The van der Waals surface area contributed by atoms with E-state index in [-0.39, 0.29) is 0 Å². The monoisotopic (exact) mass is 227 g/mol. The van der Waals surface area contributed by atoms with Gasteiger partial charge in [0.1, 0.15) is 0 Å². The molecule has 15 heavy (non-hydrogen) atoms. The van der Waals surface area contributed by atoms with E-state index < -0.39 is 6.03 Å². The SMILES string of the molecule is CC.NCc1cccc(SNC(N)=O)c1. The maximum Gasteiger partial charge on any atom is 0.322 e. The molecule has 0 unspecified atom stereocenters.